The van der Waals surface area contributed by atoms with Gasteiger partial charge in [0.25, 0.3) is 0 Å². The van der Waals surface area contributed by atoms with Crippen LogP contribution in [0.2, 0.25) is 0 Å². The smallest absolute Gasteiger partial charge is 0.327 e. The van der Waals surface area contributed by atoms with Crippen molar-refractivity contribution >= 4 is 89.3 Å². The number of amides is 9. The van der Waals surface area contributed by atoms with E-state index < -0.39 is 83.4 Å². The Kier molecular flexibility index (Phi) is 43.9. The lowest BCUT2D eigenvalue weighted by Gasteiger charge is -2.56. The summed E-state index contributed by atoms with van der Waals surface area (Å²) in [5.74, 6) is -4.50. The van der Waals surface area contributed by atoms with Gasteiger partial charge in [0.05, 0.1) is 177 Å². The zero-order valence-corrected chi connectivity index (χ0v) is 86.7. The van der Waals surface area contributed by atoms with Gasteiger partial charge in [-0.05, 0) is 196 Å². The van der Waals surface area contributed by atoms with Gasteiger partial charge in [-0.2, -0.15) is 0 Å². The summed E-state index contributed by atoms with van der Waals surface area (Å²) in [6, 6.07) is 24.2. The molecule has 39 heteroatoms. The average molecular weight is 2040 g/mol. The number of ketones is 2. The number of unbranched alkanes of at least 4 members (excludes halogenated alkanes) is 1. The first-order valence-electron chi connectivity index (χ1n) is 52.2. The van der Waals surface area contributed by atoms with Crippen LogP contribution in [-0.2, 0) is 125 Å². The third-order valence-corrected chi connectivity index (χ3v) is 30.8. The van der Waals surface area contributed by atoms with Crippen molar-refractivity contribution in [2.24, 2.45) is 40.2 Å². The maximum Gasteiger partial charge on any atom is 0.327 e. The normalized spacial score (nSPS) is 21.7. The van der Waals surface area contributed by atoms with Crippen LogP contribution in [0.1, 0.15) is 235 Å². The number of nitrogens with one attached hydrogen (secondary N) is 10. The maximum atomic E-state index is 15.1. The summed E-state index contributed by atoms with van der Waals surface area (Å²) >= 11 is 0. The number of carbonyl (C=O) groups excluding carboxylic acids is 10. The summed E-state index contributed by atoms with van der Waals surface area (Å²) < 4.78 is 67.9. The maximum absolute atomic E-state index is 15.1. The molecule has 5 aliphatic carbocycles. The summed E-state index contributed by atoms with van der Waals surface area (Å²) in [5.41, 5.74) is 28.1. The molecule has 0 spiro atoms. The van der Waals surface area contributed by atoms with Gasteiger partial charge in [0, 0.05) is 81.6 Å². The number of benzene rings is 4. The van der Waals surface area contributed by atoms with Crippen LogP contribution in [0, 0.1) is 34.5 Å². The topological polar surface area (TPSA) is 497 Å². The van der Waals surface area contributed by atoms with Crippen LogP contribution in [0.5, 0.6) is 5.75 Å². The van der Waals surface area contributed by atoms with E-state index in [1.807, 2.05) is 110 Å². The van der Waals surface area contributed by atoms with Crippen molar-refractivity contribution < 1.29 is 115 Å². The van der Waals surface area contributed by atoms with Crippen molar-refractivity contribution in [1.29, 1.82) is 0 Å². The molecule has 0 radical (unpaired) electrons. The van der Waals surface area contributed by atoms with Crippen LogP contribution < -0.4 is 64.5 Å². The van der Waals surface area contributed by atoms with Gasteiger partial charge in [0.15, 0.2) is 5.78 Å². The SMILES string of the molecule is CC(C)[C@H](NC(=O)[C@@H](CCCCNC(=O)COC1CCCCCC2=C1NNN2CCOCCOCCOCCOCCOCCP(=O)(O)O)NC(=O)CCOCCOCCOCCOCCCC(=O)CCC(=O)N1Cc2ccccc2C2=C(NNN2C)c2ccccc21)C(=O)C[C@@H](CCCNC(N)=O)C(=O)Nc1ccc2c(c1)[C@@]1(C)CCC[C@](C)(C(=O)NC(=O)[C@@]3(C)CCC[C@]4(C)c5cc(O)ccc5CC[C@@H]34)[C@@H]1CC2. The van der Waals surface area contributed by atoms with E-state index in [0.717, 1.165) is 120 Å². The number of primary amides is 1. The lowest BCUT2D eigenvalue weighted by atomic mass is 9.49. The Morgan fingerprint density at radius 1 is 0.545 bits per heavy atom. The van der Waals surface area contributed by atoms with Gasteiger partial charge in [-0.15, -0.1) is 11.1 Å². The number of nitrogens with two attached hydrogens (primary N) is 1. The van der Waals surface area contributed by atoms with E-state index in [-0.39, 0.29) is 182 Å². The average Bonchev–Trinajstić information content (AvgIpc) is 1.09. The quantitative estimate of drug-likeness (QED) is 0.0111. The van der Waals surface area contributed by atoms with Crippen LogP contribution in [0.3, 0.4) is 0 Å². The second-order valence-electron chi connectivity index (χ2n) is 40.7. The van der Waals surface area contributed by atoms with E-state index in [1.54, 1.807) is 24.8 Å². The van der Waals surface area contributed by atoms with E-state index in [1.165, 1.54) is 5.56 Å². The van der Waals surface area contributed by atoms with Crippen LogP contribution >= 0.6 is 7.60 Å². The van der Waals surface area contributed by atoms with E-state index in [2.05, 4.69) is 67.7 Å². The molecule has 3 aliphatic heterocycles. The van der Waals surface area contributed by atoms with E-state index in [4.69, 9.17) is 62.9 Å². The number of rotatable bonds is 60. The zero-order chi connectivity index (χ0) is 104. The van der Waals surface area contributed by atoms with Crippen LogP contribution in [-0.4, -0.2) is 260 Å². The van der Waals surface area contributed by atoms with Crippen molar-refractivity contribution in [3.05, 3.63) is 135 Å². The Balaban J connectivity index is 0.598. The first kappa shape index (κ1) is 114. The molecular formula is C106H157N14O24P. The predicted molar refractivity (Wildman–Crippen MR) is 544 cm³/mol. The highest BCUT2D eigenvalue weighted by Crippen LogP contribution is 2.60. The second kappa shape index (κ2) is 55.9. The Morgan fingerprint density at radius 2 is 1.13 bits per heavy atom. The third kappa shape index (κ3) is 32.1. The number of aromatic hydroxyl groups is 1. The number of fused-ring (bicyclic) bond motifs is 10. The molecule has 9 amide bonds. The molecule has 38 nitrogen and oxygen atoms in total. The predicted octanol–water partition coefficient (Wildman–Crippen LogP) is 9.69. The van der Waals surface area contributed by atoms with Gasteiger partial charge in [-0.25, -0.2) is 4.79 Å². The second-order valence-corrected chi connectivity index (χ2v) is 42.4. The molecule has 800 valence electrons. The molecule has 0 bridgehead atoms. The number of para-hydroxylation sites is 1. The minimum Gasteiger partial charge on any atom is -0.508 e. The number of phenolic OH excluding ortho intramolecular Hbond substituents is 1. The molecule has 8 aliphatic rings. The summed E-state index contributed by atoms with van der Waals surface area (Å²) in [6.45, 7) is 17.9. The summed E-state index contributed by atoms with van der Waals surface area (Å²) in [5, 5.41) is 32.1. The van der Waals surface area contributed by atoms with Crippen LogP contribution in [0.15, 0.2) is 96.3 Å². The van der Waals surface area contributed by atoms with Gasteiger partial charge in [-0.3, -0.25) is 63.1 Å². The van der Waals surface area contributed by atoms with Crippen LogP contribution in [0.25, 0.3) is 11.4 Å². The molecule has 4 aromatic carbocycles. The van der Waals surface area contributed by atoms with E-state index >= 15 is 4.79 Å². The van der Waals surface area contributed by atoms with Crippen molar-refractivity contribution in [2.75, 3.05) is 169 Å². The number of allylic oxidation sites excluding steroid dienone is 1. The summed E-state index contributed by atoms with van der Waals surface area (Å²) in [6.07, 6.45) is 12.7. The number of anilines is 2. The lowest BCUT2D eigenvalue weighted by molar-refractivity contribution is -0.150. The molecule has 3 heterocycles. The molecular weight excluding hydrogens is 1880 g/mol. The number of hydrogen-bond donors (Lipinski definition) is 14. The highest BCUT2D eigenvalue weighted by atomic mass is 31.2. The molecule has 12 rings (SSSR count). The lowest BCUT2D eigenvalue weighted by Crippen LogP contribution is -2.60. The number of aryl methyl sites for hydroxylation is 2. The standard InChI is InChI=1S/C106H157N14O24P/c1-72(2)94(87(123)67-75(22-17-46-109-102(107)131)98(127)110-77-34-30-73-32-37-89-103(3,82(73)68-77)41-19-43-105(89,5)100(129)113-101(130)106(6)44-20-42-104(4)83-69-79(122)35-31-74(83)33-38-90(104)106)112-99(128)84(26-15-16-45-108-92(125)71-144-88-29-10-8-9-28-86-96(88)115-117-120(86)47-50-137-53-56-140-59-60-141-61-62-142-63-64-143-65-66-145(132,133)134)111-91(124)40-49-136-52-55-139-58-57-138-54-51-135-48-18-23-78(121)36-39-93(126)119-70-76-21-11-12-24-80(76)97-95(114-116-118(97)7)81-25-13-14-27-85(81)119/h11-14,21,24-25,27,30-31,34-35,68-69,72,75,84,88-90,94,114-117,122H,8-10,15-20,22-23,26,28-29,32-33,36-67,70-71H2,1-7H3,(H,108,125)(H,110,127)(H,111,124)(H,112,128)(H3,107,109,131)(H,113,129,130)(H2,132,133,134)/t75-,84-,88?,89-,90-,94+,103-,104-,105+,106+/m1/s1. The van der Waals surface area contributed by atoms with Crippen molar-refractivity contribution in [1.82, 2.24) is 58.5 Å². The highest BCUT2D eigenvalue weighted by molar-refractivity contribution is 7.51. The van der Waals surface area contributed by atoms with Crippen molar-refractivity contribution in [2.45, 2.75) is 244 Å². The van der Waals surface area contributed by atoms with Gasteiger partial charge >= 0.3 is 13.6 Å². The molecule has 1 unspecified atom stereocenters. The number of urea groups is 1. The number of carbonyl (C=O) groups is 10. The number of Topliss-reactive ketones (excluding diaryl/α,β-unsaturated/α-hetero) is 2. The summed E-state index contributed by atoms with van der Waals surface area (Å²) in [4.78, 5) is 161. The Morgan fingerprint density at radius 3 is 1.77 bits per heavy atom. The minimum absolute atomic E-state index is 0.0126. The molecule has 15 N–H and O–H groups in total. The van der Waals surface area contributed by atoms with E-state index in [9.17, 15) is 52.8 Å². The van der Waals surface area contributed by atoms with Gasteiger partial charge in [0.1, 0.15) is 30.3 Å². The number of hydrazine groups is 4. The van der Waals surface area contributed by atoms with Crippen molar-refractivity contribution in [3.8, 4) is 5.75 Å². The Hall–Kier alpha value is -9.87. The molecule has 145 heavy (non-hydrogen) atoms. The molecule has 10 atom stereocenters. The fourth-order valence-electron chi connectivity index (χ4n) is 22.3. The first-order valence-corrected chi connectivity index (χ1v) is 54.0. The van der Waals surface area contributed by atoms with Crippen molar-refractivity contribution in [3.63, 3.8) is 0 Å². The fraction of sp³-hybridized carbons (Fsp3) is 0.642. The number of imide groups is 1. The molecule has 2 saturated carbocycles. The van der Waals surface area contributed by atoms with E-state index in [0.29, 0.717) is 143 Å². The monoisotopic (exact) mass is 2040 g/mol. The Labute approximate surface area is 852 Å². The van der Waals surface area contributed by atoms with Crippen LogP contribution in [0.4, 0.5) is 16.2 Å². The van der Waals surface area contributed by atoms with Gasteiger partial charge < -0.3 is 110 Å². The van der Waals surface area contributed by atoms with Gasteiger partial charge in [0.2, 0.25) is 41.4 Å². The minimum atomic E-state index is -4.09. The number of phenols is 1. The molecule has 2 fully saturated rings. The number of hydrogen-bond acceptors (Lipinski definition) is 28. The Bertz CT molecular complexity index is 5140. The highest BCUT2D eigenvalue weighted by Gasteiger charge is 2.59. The molecule has 4 aromatic rings. The van der Waals surface area contributed by atoms with Gasteiger partial charge in [-0.1, -0.05) is 122 Å². The largest absolute Gasteiger partial charge is 0.508 e. The first-order chi connectivity index (χ1) is 69.8. The third-order valence-electron chi connectivity index (χ3n) is 30.1. The number of ether oxygens (including phenoxy) is 10. The zero-order valence-electron chi connectivity index (χ0n) is 85.8. The molecule has 0 saturated heterocycles. The summed E-state index contributed by atoms with van der Waals surface area (Å²) in [7, 11) is -2.15. The fourth-order valence-corrected chi connectivity index (χ4v) is 22.7. The number of nitrogens with zero attached hydrogens (tertiary/aromatic N) is 3. The molecule has 0 aromatic heterocycles.